The molecule has 0 aromatic carbocycles. The Balaban J connectivity index is 2.39. The van der Waals surface area contributed by atoms with Gasteiger partial charge in [-0.15, -0.1) is 0 Å². The van der Waals surface area contributed by atoms with Crippen LogP contribution in [0.3, 0.4) is 0 Å². The standard InChI is InChI=1S/C10H18N2O6S/c1-8(10(14)15)18-7-9(13)11-3-5-12(6-4-11)19(2,16)17/h8H,3-7H2,1-2H3,(H,14,15)/t8-/m1/s1. The van der Waals surface area contributed by atoms with E-state index in [1.807, 2.05) is 0 Å². The molecular formula is C10H18N2O6S. The van der Waals surface area contributed by atoms with Crippen LogP contribution < -0.4 is 0 Å². The number of rotatable bonds is 5. The molecule has 0 aromatic rings. The fourth-order valence-corrected chi connectivity index (χ4v) is 2.45. The second kappa shape index (κ2) is 6.31. The third kappa shape index (κ3) is 4.77. The van der Waals surface area contributed by atoms with E-state index in [4.69, 9.17) is 9.84 Å². The molecule has 0 unspecified atom stereocenters. The van der Waals surface area contributed by atoms with Gasteiger partial charge in [-0.3, -0.25) is 4.79 Å². The zero-order valence-electron chi connectivity index (χ0n) is 10.9. The molecule has 0 bridgehead atoms. The van der Waals surface area contributed by atoms with E-state index in [0.29, 0.717) is 0 Å². The quantitative estimate of drug-likeness (QED) is 0.667. The first kappa shape index (κ1) is 15.9. The Bertz CT molecular complexity index is 441. The number of sulfonamides is 1. The zero-order valence-corrected chi connectivity index (χ0v) is 11.7. The van der Waals surface area contributed by atoms with Crippen LogP contribution in [0, 0.1) is 0 Å². The van der Waals surface area contributed by atoms with Gasteiger partial charge in [0.05, 0.1) is 6.26 Å². The Morgan fingerprint density at radius 1 is 1.26 bits per heavy atom. The highest BCUT2D eigenvalue weighted by Crippen LogP contribution is 2.06. The van der Waals surface area contributed by atoms with Gasteiger partial charge in [-0.2, -0.15) is 4.31 Å². The molecule has 0 saturated carbocycles. The third-order valence-electron chi connectivity index (χ3n) is 2.86. The van der Waals surface area contributed by atoms with Crippen LogP contribution in [0.15, 0.2) is 0 Å². The summed E-state index contributed by atoms with van der Waals surface area (Å²) in [6, 6.07) is 0. The fourth-order valence-electron chi connectivity index (χ4n) is 1.63. The van der Waals surface area contributed by atoms with E-state index in [-0.39, 0.29) is 38.7 Å². The molecule has 0 spiro atoms. The van der Waals surface area contributed by atoms with E-state index in [1.54, 1.807) is 0 Å². The topological polar surface area (TPSA) is 104 Å². The van der Waals surface area contributed by atoms with Crippen molar-refractivity contribution in [1.29, 1.82) is 0 Å². The number of carbonyl (C=O) groups excluding carboxylic acids is 1. The van der Waals surface area contributed by atoms with Gasteiger partial charge in [0, 0.05) is 26.2 Å². The van der Waals surface area contributed by atoms with Gasteiger partial charge in [0.25, 0.3) is 0 Å². The highest BCUT2D eigenvalue weighted by atomic mass is 32.2. The van der Waals surface area contributed by atoms with Crippen LogP contribution in [0.2, 0.25) is 0 Å². The van der Waals surface area contributed by atoms with Gasteiger partial charge in [-0.05, 0) is 6.92 Å². The lowest BCUT2D eigenvalue weighted by atomic mass is 10.3. The lowest BCUT2D eigenvalue weighted by Crippen LogP contribution is -2.51. The molecule has 1 aliphatic heterocycles. The zero-order chi connectivity index (χ0) is 14.6. The number of aliphatic carboxylic acids is 1. The molecule has 8 nitrogen and oxygen atoms in total. The van der Waals surface area contributed by atoms with E-state index in [9.17, 15) is 18.0 Å². The molecule has 1 N–H and O–H groups in total. The van der Waals surface area contributed by atoms with E-state index in [1.165, 1.54) is 16.1 Å². The Hall–Kier alpha value is -1.19. The van der Waals surface area contributed by atoms with E-state index in [2.05, 4.69) is 0 Å². The van der Waals surface area contributed by atoms with Crippen molar-refractivity contribution in [3.63, 3.8) is 0 Å². The lowest BCUT2D eigenvalue weighted by Gasteiger charge is -2.33. The second-order valence-electron chi connectivity index (χ2n) is 4.33. The van der Waals surface area contributed by atoms with Crippen molar-refractivity contribution in [1.82, 2.24) is 9.21 Å². The van der Waals surface area contributed by atoms with Crippen LogP contribution in [0.25, 0.3) is 0 Å². The summed E-state index contributed by atoms with van der Waals surface area (Å²) in [7, 11) is -3.23. The molecule has 1 aliphatic rings. The van der Waals surface area contributed by atoms with Gasteiger partial charge < -0.3 is 14.7 Å². The minimum absolute atomic E-state index is 0.249. The van der Waals surface area contributed by atoms with Crippen molar-refractivity contribution >= 4 is 21.9 Å². The molecule has 1 amide bonds. The first-order valence-electron chi connectivity index (χ1n) is 5.79. The number of hydrogen-bond acceptors (Lipinski definition) is 5. The number of nitrogens with zero attached hydrogens (tertiary/aromatic N) is 2. The first-order chi connectivity index (χ1) is 8.71. The summed E-state index contributed by atoms with van der Waals surface area (Å²) >= 11 is 0. The smallest absolute Gasteiger partial charge is 0.332 e. The first-order valence-corrected chi connectivity index (χ1v) is 7.64. The maximum atomic E-state index is 11.7. The van der Waals surface area contributed by atoms with Gasteiger partial charge in [-0.25, -0.2) is 13.2 Å². The fraction of sp³-hybridized carbons (Fsp3) is 0.800. The largest absolute Gasteiger partial charge is 0.479 e. The van der Waals surface area contributed by atoms with Crippen LogP contribution in [0.1, 0.15) is 6.92 Å². The van der Waals surface area contributed by atoms with Gasteiger partial charge in [0.2, 0.25) is 15.9 Å². The minimum Gasteiger partial charge on any atom is -0.479 e. The molecule has 1 atom stereocenters. The van der Waals surface area contributed by atoms with Gasteiger partial charge in [0.15, 0.2) is 6.10 Å². The molecular weight excluding hydrogens is 276 g/mol. The highest BCUT2D eigenvalue weighted by molar-refractivity contribution is 7.88. The maximum absolute atomic E-state index is 11.7. The van der Waals surface area contributed by atoms with E-state index in [0.717, 1.165) is 6.26 Å². The number of piperazine rings is 1. The molecule has 1 heterocycles. The summed E-state index contributed by atoms with van der Waals surface area (Å²) in [6.07, 6.45) is 0.0866. The van der Waals surface area contributed by atoms with Crippen LogP contribution in [0.4, 0.5) is 0 Å². The normalized spacial score (nSPS) is 19.2. The van der Waals surface area contributed by atoms with Gasteiger partial charge >= 0.3 is 5.97 Å². The molecule has 1 saturated heterocycles. The van der Waals surface area contributed by atoms with E-state index < -0.39 is 22.1 Å². The summed E-state index contributed by atoms with van der Waals surface area (Å²) in [5.74, 6) is -1.46. The Morgan fingerprint density at radius 3 is 2.21 bits per heavy atom. The average molecular weight is 294 g/mol. The summed E-state index contributed by atoms with van der Waals surface area (Å²) in [5.41, 5.74) is 0. The number of carboxylic acids is 1. The summed E-state index contributed by atoms with van der Waals surface area (Å²) in [4.78, 5) is 23.7. The molecule has 1 fully saturated rings. The van der Waals surface area contributed by atoms with Crippen LogP contribution in [-0.2, 0) is 24.3 Å². The lowest BCUT2D eigenvalue weighted by molar-refractivity contribution is -0.153. The Labute approximate surface area is 112 Å². The van der Waals surface area contributed by atoms with Crippen molar-refractivity contribution in [2.45, 2.75) is 13.0 Å². The molecule has 1 rings (SSSR count). The summed E-state index contributed by atoms with van der Waals surface area (Å²) in [5, 5.41) is 8.61. The molecule has 0 aliphatic carbocycles. The van der Waals surface area contributed by atoms with Gasteiger partial charge in [0.1, 0.15) is 6.61 Å². The van der Waals surface area contributed by atoms with Gasteiger partial charge in [-0.1, -0.05) is 0 Å². The molecule has 9 heteroatoms. The minimum atomic E-state index is -3.23. The number of carboxylic acid groups (broad SMARTS) is 1. The third-order valence-corrected chi connectivity index (χ3v) is 4.17. The predicted molar refractivity (Wildman–Crippen MR) is 66.0 cm³/mol. The summed E-state index contributed by atoms with van der Waals surface area (Å²) in [6.45, 7) is 2.11. The number of hydrogen-bond donors (Lipinski definition) is 1. The highest BCUT2D eigenvalue weighted by Gasteiger charge is 2.26. The number of amides is 1. The maximum Gasteiger partial charge on any atom is 0.332 e. The van der Waals surface area contributed by atoms with Crippen LogP contribution in [-0.4, -0.2) is 79.8 Å². The van der Waals surface area contributed by atoms with Crippen molar-refractivity contribution in [3.05, 3.63) is 0 Å². The number of carbonyl (C=O) groups is 2. The van der Waals surface area contributed by atoms with Crippen LogP contribution in [0.5, 0.6) is 0 Å². The number of ether oxygens (including phenoxy) is 1. The second-order valence-corrected chi connectivity index (χ2v) is 6.32. The van der Waals surface area contributed by atoms with Crippen molar-refractivity contribution < 1.29 is 27.9 Å². The molecule has 0 radical (unpaired) electrons. The SMILES string of the molecule is C[C@@H](OCC(=O)N1CCN(S(C)(=O)=O)CC1)C(=O)O. The monoisotopic (exact) mass is 294 g/mol. The predicted octanol–water partition coefficient (Wildman–Crippen LogP) is -1.42. The van der Waals surface area contributed by atoms with Crippen molar-refractivity contribution in [3.8, 4) is 0 Å². The summed E-state index contributed by atoms with van der Waals surface area (Å²) < 4.78 is 28.8. The Morgan fingerprint density at radius 2 is 1.79 bits per heavy atom. The average Bonchev–Trinajstić information content (AvgIpc) is 2.34. The van der Waals surface area contributed by atoms with Crippen LogP contribution >= 0.6 is 0 Å². The Kier molecular flexibility index (Phi) is 5.27. The van der Waals surface area contributed by atoms with E-state index >= 15 is 0 Å². The molecule has 0 aromatic heterocycles. The van der Waals surface area contributed by atoms with Crippen molar-refractivity contribution in [2.24, 2.45) is 0 Å². The van der Waals surface area contributed by atoms with Crippen molar-refractivity contribution in [2.75, 3.05) is 39.0 Å². The molecule has 19 heavy (non-hydrogen) atoms. The molecule has 110 valence electrons.